The van der Waals surface area contributed by atoms with Gasteiger partial charge in [-0.15, -0.1) is 0 Å². The van der Waals surface area contributed by atoms with Crippen molar-refractivity contribution in [3.8, 4) is 11.5 Å². The summed E-state index contributed by atoms with van der Waals surface area (Å²) in [5.74, 6) is -1.52. The van der Waals surface area contributed by atoms with Crippen LogP contribution in [0.25, 0.3) is 0 Å². The number of halogens is 2. The van der Waals surface area contributed by atoms with Gasteiger partial charge in [0.2, 0.25) is 0 Å². The molecule has 0 aliphatic carbocycles. The van der Waals surface area contributed by atoms with Crippen LogP contribution < -0.4 is 10.1 Å². The van der Waals surface area contributed by atoms with Gasteiger partial charge in [-0.3, -0.25) is 4.79 Å². The first-order chi connectivity index (χ1) is 7.52. The Morgan fingerprint density at radius 2 is 2.31 bits per heavy atom. The number of Topliss-reactive ketones (excluding diaryl/α,β-unsaturated/α-hetero) is 1. The summed E-state index contributed by atoms with van der Waals surface area (Å²) in [4.78, 5) is 11.6. The number of phenolic OH excluding ortho intramolecular Hbond substituents is 1. The number of hydrogen-bond acceptors (Lipinski definition) is 4. The maximum Gasteiger partial charge on any atom is 0.180 e. The van der Waals surface area contributed by atoms with E-state index in [1.54, 1.807) is 7.05 Å². The van der Waals surface area contributed by atoms with E-state index in [0.29, 0.717) is 0 Å². The molecule has 0 unspecified atom stereocenters. The molecule has 0 spiro atoms. The van der Waals surface area contributed by atoms with Crippen molar-refractivity contribution in [2.24, 2.45) is 0 Å². The summed E-state index contributed by atoms with van der Waals surface area (Å²) >= 11 is 3.04. The van der Waals surface area contributed by atoms with Gasteiger partial charge in [-0.2, -0.15) is 0 Å². The lowest BCUT2D eigenvalue weighted by Gasteiger charge is -2.11. The van der Waals surface area contributed by atoms with E-state index in [4.69, 9.17) is 4.74 Å². The Balaban J connectivity index is 3.33. The van der Waals surface area contributed by atoms with Gasteiger partial charge in [0.1, 0.15) is 5.82 Å². The third-order valence-corrected chi connectivity index (χ3v) is 2.73. The first kappa shape index (κ1) is 12.9. The number of methoxy groups -OCH3 is 1. The molecule has 0 radical (unpaired) electrons. The highest BCUT2D eigenvalue weighted by atomic mass is 79.9. The molecule has 1 aromatic rings. The van der Waals surface area contributed by atoms with Gasteiger partial charge in [0.25, 0.3) is 0 Å². The minimum absolute atomic E-state index is 0.00342. The van der Waals surface area contributed by atoms with Crippen LogP contribution in [0.3, 0.4) is 0 Å². The number of likely N-dealkylation sites (N-methyl/N-ethyl adjacent to an activating group) is 1. The number of rotatable bonds is 4. The third-order valence-electron chi connectivity index (χ3n) is 1.97. The quantitative estimate of drug-likeness (QED) is 0.829. The molecular formula is C10H11BrFNO3. The number of nitrogens with one attached hydrogen (secondary N) is 1. The summed E-state index contributed by atoms with van der Waals surface area (Å²) in [7, 11) is 2.91. The molecule has 2 N–H and O–H groups in total. The predicted molar refractivity (Wildman–Crippen MR) is 60.6 cm³/mol. The first-order valence-electron chi connectivity index (χ1n) is 4.45. The Labute approximate surface area is 101 Å². The lowest BCUT2D eigenvalue weighted by molar-refractivity contribution is 0.0988. The molecule has 88 valence electrons. The Hall–Kier alpha value is -1.14. The van der Waals surface area contributed by atoms with Crippen molar-refractivity contribution in [3.63, 3.8) is 0 Å². The van der Waals surface area contributed by atoms with E-state index in [-0.39, 0.29) is 28.1 Å². The minimum Gasteiger partial charge on any atom is -0.504 e. The topological polar surface area (TPSA) is 58.6 Å². The first-order valence-corrected chi connectivity index (χ1v) is 5.25. The Morgan fingerprint density at radius 1 is 1.69 bits per heavy atom. The number of phenols is 1. The summed E-state index contributed by atoms with van der Waals surface area (Å²) in [5, 5.41) is 12.0. The standard InChI is InChI=1S/C10H11BrFNO3/c1-13-4-7(15)8-5(12)3-6(14)10(16-2)9(8)11/h3,13-14H,4H2,1-2H3. The summed E-state index contributed by atoms with van der Waals surface area (Å²) < 4.78 is 18.5. The van der Waals surface area contributed by atoms with Crippen LogP contribution in [0.1, 0.15) is 10.4 Å². The summed E-state index contributed by atoms with van der Waals surface area (Å²) in [6, 6.07) is 0.854. The Kier molecular flexibility index (Phi) is 4.26. The second-order valence-corrected chi connectivity index (χ2v) is 3.85. The second kappa shape index (κ2) is 5.27. The van der Waals surface area contributed by atoms with Crippen LogP contribution in [-0.2, 0) is 0 Å². The highest BCUT2D eigenvalue weighted by Crippen LogP contribution is 2.38. The van der Waals surface area contributed by atoms with Gasteiger partial charge >= 0.3 is 0 Å². The van der Waals surface area contributed by atoms with E-state index in [2.05, 4.69) is 21.2 Å². The molecule has 0 aliphatic rings. The smallest absolute Gasteiger partial charge is 0.180 e. The van der Waals surface area contributed by atoms with Gasteiger partial charge in [0.15, 0.2) is 17.3 Å². The monoisotopic (exact) mass is 291 g/mol. The van der Waals surface area contributed by atoms with Crippen molar-refractivity contribution in [2.45, 2.75) is 0 Å². The van der Waals surface area contributed by atoms with Gasteiger partial charge in [-0.1, -0.05) is 0 Å². The predicted octanol–water partition coefficient (Wildman–Crippen LogP) is 1.70. The average molecular weight is 292 g/mol. The molecule has 4 nitrogen and oxygen atoms in total. The molecule has 0 aromatic heterocycles. The van der Waals surface area contributed by atoms with Crippen LogP contribution in [0, 0.1) is 5.82 Å². The molecule has 0 saturated carbocycles. The largest absolute Gasteiger partial charge is 0.504 e. The van der Waals surface area contributed by atoms with E-state index < -0.39 is 11.6 Å². The van der Waals surface area contributed by atoms with E-state index in [1.807, 2.05) is 0 Å². The molecule has 0 heterocycles. The highest BCUT2D eigenvalue weighted by molar-refractivity contribution is 9.10. The fourth-order valence-corrected chi connectivity index (χ4v) is 2.06. The van der Waals surface area contributed by atoms with E-state index >= 15 is 0 Å². The van der Waals surface area contributed by atoms with E-state index in [0.717, 1.165) is 6.07 Å². The molecule has 0 atom stereocenters. The number of benzene rings is 1. The molecule has 0 bridgehead atoms. The normalized spacial score (nSPS) is 10.2. The molecular weight excluding hydrogens is 281 g/mol. The molecule has 1 aromatic carbocycles. The van der Waals surface area contributed by atoms with E-state index in [1.165, 1.54) is 7.11 Å². The zero-order valence-corrected chi connectivity index (χ0v) is 10.4. The fraction of sp³-hybridized carbons (Fsp3) is 0.300. The maximum atomic E-state index is 13.5. The summed E-state index contributed by atoms with van der Waals surface area (Å²) in [6.07, 6.45) is 0. The van der Waals surface area contributed by atoms with Crippen molar-refractivity contribution >= 4 is 21.7 Å². The Morgan fingerprint density at radius 3 is 2.81 bits per heavy atom. The van der Waals surface area contributed by atoms with Gasteiger partial charge in [0.05, 0.1) is 23.7 Å². The molecule has 0 aliphatic heterocycles. The molecule has 1 rings (SSSR count). The number of hydrogen-bond donors (Lipinski definition) is 2. The van der Waals surface area contributed by atoms with Crippen molar-refractivity contribution in [1.29, 1.82) is 0 Å². The lowest BCUT2D eigenvalue weighted by atomic mass is 10.1. The third kappa shape index (κ3) is 2.33. The summed E-state index contributed by atoms with van der Waals surface area (Å²) in [5.41, 5.74) is -0.135. The van der Waals surface area contributed by atoms with Crippen LogP contribution in [0.4, 0.5) is 4.39 Å². The van der Waals surface area contributed by atoms with Gasteiger partial charge in [0, 0.05) is 6.07 Å². The Bertz CT molecular complexity index is 423. The van der Waals surface area contributed by atoms with Crippen molar-refractivity contribution < 1.29 is 19.0 Å². The number of ketones is 1. The highest BCUT2D eigenvalue weighted by Gasteiger charge is 2.21. The molecule has 6 heteroatoms. The van der Waals surface area contributed by atoms with Crippen LogP contribution in [-0.4, -0.2) is 31.6 Å². The van der Waals surface area contributed by atoms with E-state index in [9.17, 15) is 14.3 Å². The maximum absolute atomic E-state index is 13.5. The van der Waals surface area contributed by atoms with Crippen LogP contribution in [0.15, 0.2) is 10.5 Å². The number of aromatic hydroxyl groups is 1. The average Bonchev–Trinajstić information content (AvgIpc) is 2.17. The summed E-state index contributed by atoms with van der Waals surface area (Å²) in [6.45, 7) is 0.00342. The molecule has 16 heavy (non-hydrogen) atoms. The van der Waals surface area contributed by atoms with Crippen molar-refractivity contribution in [2.75, 3.05) is 20.7 Å². The lowest BCUT2D eigenvalue weighted by Crippen LogP contribution is -2.20. The molecule has 0 fully saturated rings. The minimum atomic E-state index is -0.787. The second-order valence-electron chi connectivity index (χ2n) is 3.05. The SMILES string of the molecule is CNCC(=O)c1c(F)cc(O)c(OC)c1Br. The van der Waals surface area contributed by atoms with Crippen molar-refractivity contribution in [1.82, 2.24) is 5.32 Å². The van der Waals surface area contributed by atoms with Crippen LogP contribution in [0.2, 0.25) is 0 Å². The van der Waals surface area contributed by atoms with Crippen molar-refractivity contribution in [3.05, 3.63) is 21.9 Å². The van der Waals surface area contributed by atoms with Gasteiger partial charge in [-0.05, 0) is 23.0 Å². The van der Waals surface area contributed by atoms with Crippen LogP contribution in [0.5, 0.6) is 11.5 Å². The number of carbonyl (C=O) groups excluding carboxylic acids is 1. The fourth-order valence-electron chi connectivity index (χ4n) is 1.29. The van der Waals surface area contributed by atoms with Crippen LogP contribution >= 0.6 is 15.9 Å². The number of ether oxygens (including phenoxy) is 1. The van der Waals surface area contributed by atoms with Gasteiger partial charge < -0.3 is 15.2 Å². The van der Waals surface area contributed by atoms with Gasteiger partial charge in [-0.25, -0.2) is 4.39 Å². The number of carbonyl (C=O) groups is 1. The zero-order chi connectivity index (χ0) is 12.3. The molecule has 0 amide bonds. The molecule has 0 saturated heterocycles. The zero-order valence-electron chi connectivity index (χ0n) is 8.80.